The summed E-state index contributed by atoms with van der Waals surface area (Å²) in [5, 5.41) is 9.09. The zero-order chi connectivity index (χ0) is 8.27. The summed E-state index contributed by atoms with van der Waals surface area (Å²) >= 11 is 0. The zero-order valence-corrected chi connectivity index (χ0v) is 6.99. The summed E-state index contributed by atoms with van der Waals surface area (Å²) in [7, 11) is 0. The first-order chi connectivity index (χ1) is 5.24. The third-order valence-corrected chi connectivity index (χ3v) is 1.62. The molecule has 1 aromatic rings. The van der Waals surface area contributed by atoms with Gasteiger partial charge in [0.1, 0.15) is 5.82 Å². The van der Waals surface area contributed by atoms with Crippen LogP contribution < -0.4 is 0 Å². The van der Waals surface area contributed by atoms with Crippen molar-refractivity contribution in [1.29, 1.82) is 0 Å². The number of aliphatic hydroxyl groups excluding tert-OH is 1. The quantitative estimate of drug-likeness (QED) is 0.700. The fourth-order valence-electron chi connectivity index (χ4n) is 1.08. The van der Waals surface area contributed by atoms with Crippen LogP contribution in [0.4, 0.5) is 0 Å². The van der Waals surface area contributed by atoms with E-state index in [1.807, 2.05) is 10.8 Å². The minimum absolute atomic E-state index is 0.303. The maximum absolute atomic E-state index is 9.09. The molecular formula is C8H14N2O. The summed E-state index contributed by atoms with van der Waals surface area (Å²) in [6.07, 6.45) is 4.03. The Morgan fingerprint density at radius 2 is 2.45 bits per heavy atom. The highest BCUT2D eigenvalue weighted by atomic mass is 16.3. The molecule has 0 amide bonds. The van der Waals surface area contributed by atoms with E-state index in [0.717, 1.165) is 12.4 Å². The van der Waals surface area contributed by atoms with Gasteiger partial charge in [0.15, 0.2) is 0 Å². The van der Waals surface area contributed by atoms with E-state index in [-0.39, 0.29) is 6.10 Å². The van der Waals surface area contributed by atoms with Crippen LogP contribution in [0.5, 0.6) is 0 Å². The van der Waals surface area contributed by atoms with Crippen molar-refractivity contribution in [3.8, 4) is 0 Å². The van der Waals surface area contributed by atoms with Gasteiger partial charge in [0.25, 0.3) is 0 Å². The van der Waals surface area contributed by atoms with Crippen molar-refractivity contribution in [1.82, 2.24) is 9.55 Å². The topological polar surface area (TPSA) is 38.0 Å². The van der Waals surface area contributed by atoms with Crippen molar-refractivity contribution in [3.63, 3.8) is 0 Å². The molecule has 1 unspecified atom stereocenters. The molecule has 3 nitrogen and oxygen atoms in total. The second-order valence-corrected chi connectivity index (χ2v) is 2.68. The van der Waals surface area contributed by atoms with Crippen LogP contribution in [-0.4, -0.2) is 20.8 Å². The van der Waals surface area contributed by atoms with Crippen LogP contribution in [0.1, 0.15) is 19.7 Å². The predicted molar refractivity (Wildman–Crippen MR) is 43.3 cm³/mol. The van der Waals surface area contributed by atoms with Gasteiger partial charge in [-0.3, -0.25) is 0 Å². The third kappa shape index (κ3) is 2.05. The molecule has 0 saturated heterocycles. The van der Waals surface area contributed by atoms with Gasteiger partial charge in [-0.25, -0.2) is 4.98 Å². The lowest BCUT2D eigenvalue weighted by atomic mass is 10.3. The SMILES string of the molecule is CCn1ccnc1CC(C)O. The van der Waals surface area contributed by atoms with E-state index in [2.05, 4.69) is 11.9 Å². The van der Waals surface area contributed by atoms with Crippen LogP contribution in [0.3, 0.4) is 0 Å². The number of hydrogen-bond acceptors (Lipinski definition) is 2. The van der Waals surface area contributed by atoms with Crippen molar-refractivity contribution in [3.05, 3.63) is 18.2 Å². The number of nitrogens with zero attached hydrogens (tertiary/aromatic N) is 2. The molecule has 1 heterocycles. The molecule has 11 heavy (non-hydrogen) atoms. The second-order valence-electron chi connectivity index (χ2n) is 2.68. The van der Waals surface area contributed by atoms with Gasteiger partial charge in [-0.1, -0.05) is 0 Å². The summed E-state index contributed by atoms with van der Waals surface area (Å²) in [5.74, 6) is 0.961. The molecule has 1 atom stereocenters. The monoisotopic (exact) mass is 154 g/mol. The van der Waals surface area contributed by atoms with Crippen LogP contribution in [0.15, 0.2) is 12.4 Å². The Kier molecular flexibility index (Phi) is 2.65. The standard InChI is InChI=1S/C8H14N2O/c1-3-10-5-4-9-8(10)6-7(2)11/h4-5,7,11H,3,6H2,1-2H3. The molecule has 62 valence electrons. The number of rotatable bonds is 3. The predicted octanol–water partition coefficient (Wildman–Crippen LogP) is 0.826. The summed E-state index contributed by atoms with van der Waals surface area (Å²) < 4.78 is 2.03. The van der Waals surface area contributed by atoms with Crippen LogP contribution >= 0.6 is 0 Å². The second kappa shape index (κ2) is 3.53. The highest BCUT2D eigenvalue weighted by molar-refractivity contribution is 4.93. The smallest absolute Gasteiger partial charge is 0.111 e. The molecule has 0 aliphatic carbocycles. The number of aryl methyl sites for hydroxylation is 1. The minimum Gasteiger partial charge on any atom is -0.393 e. The van der Waals surface area contributed by atoms with Crippen LogP contribution in [-0.2, 0) is 13.0 Å². The average Bonchev–Trinajstić information content (AvgIpc) is 2.34. The lowest BCUT2D eigenvalue weighted by Crippen LogP contribution is -2.10. The van der Waals surface area contributed by atoms with Gasteiger partial charge in [0, 0.05) is 25.4 Å². The number of hydrogen-bond donors (Lipinski definition) is 1. The van der Waals surface area contributed by atoms with Crippen LogP contribution in [0, 0.1) is 0 Å². The third-order valence-electron chi connectivity index (χ3n) is 1.62. The lowest BCUT2D eigenvalue weighted by molar-refractivity contribution is 0.191. The van der Waals surface area contributed by atoms with E-state index in [1.165, 1.54) is 0 Å². The Labute approximate surface area is 66.7 Å². The van der Waals surface area contributed by atoms with Crippen molar-refractivity contribution < 1.29 is 5.11 Å². The first-order valence-corrected chi connectivity index (χ1v) is 3.92. The van der Waals surface area contributed by atoms with Gasteiger partial charge in [-0.05, 0) is 13.8 Å². The van der Waals surface area contributed by atoms with Gasteiger partial charge in [-0.2, -0.15) is 0 Å². The van der Waals surface area contributed by atoms with Gasteiger partial charge in [-0.15, -0.1) is 0 Å². The van der Waals surface area contributed by atoms with Crippen molar-refractivity contribution >= 4 is 0 Å². The van der Waals surface area contributed by atoms with Gasteiger partial charge in [0.05, 0.1) is 6.10 Å². The lowest BCUT2D eigenvalue weighted by Gasteiger charge is -2.05. The Hall–Kier alpha value is -0.830. The molecule has 0 aliphatic rings. The largest absolute Gasteiger partial charge is 0.393 e. The van der Waals surface area contributed by atoms with E-state index >= 15 is 0 Å². The molecule has 1 N–H and O–H groups in total. The van der Waals surface area contributed by atoms with E-state index in [1.54, 1.807) is 13.1 Å². The summed E-state index contributed by atoms with van der Waals surface area (Å²) in [6.45, 7) is 4.75. The van der Waals surface area contributed by atoms with Gasteiger partial charge in [0.2, 0.25) is 0 Å². The first-order valence-electron chi connectivity index (χ1n) is 3.92. The molecule has 0 aliphatic heterocycles. The molecular weight excluding hydrogens is 140 g/mol. The molecule has 3 heteroatoms. The molecule has 0 fully saturated rings. The number of aromatic nitrogens is 2. The van der Waals surface area contributed by atoms with Crippen molar-refractivity contribution in [2.24, 2.45) is 0 Å². The molecule has 0 saturated carbocycles. The molecule has 1 rings (SSSR count). The minimum atomic E-state index is -0.303. The molecule has 1 aromatic heterocycles. The Morgan fingerprint density at radius 3 is 3.00 bits per heavy atom. The normalized spacial score (nSPS) is 13.4. The fourth-order valence-corrected chi connectivity index (χ4v) is 1.08. The molecule has 0 spiro atoms. The first kappa shape index (κ1) is 8.27. The number of aliphatic hydroxyl groups is 1. The van der Waals surface area contributed by atoms with E-state index in [4.69, 9.17) is 5.11 Å². The van der Waals surface area contributed by atoms with E-state index in [0.29, 0.717) is 6.42 Å². The maximum atomic E-state index is 9.09. The summed E-state index contributed by atoms with van der Waals surface area (Å²) in [6, 6.07) is 0. The van der Waals surface area contributed by atoms with Crippen molar-refractivity contribution in [2.75, 3.05) is 0 Å². The Bertz CT molecular complexity index is 218. The number of imidazole rings is 1. The van der Waals surface area contributed by atoms with Gasteiger partial charge >= 0.3 is 0 Å². The van der Waals surface area contributed by atoms with E-state index in [9.17, 15) is 0 Å². The van der Waals surface area contributed by atoms with Crippen LogP contribution in [0.25, 0.3) is 0 Å². The van der Waals surface area contributed by atoms with E-state index < -0.39 is 0 Å². The van der Waals surface area contributed by atoms with Crippen LogP contribution in [0.2, 0.25) is 0 Å². The summed E-state index contributed by atoms with van der Waals surface area (Å²) in [4.78, 5) is 4.13. The van der Waals surface area contributed by atoms with Gasteiger partial charge < -0.3 is 9.67 Å². The van der Waals surface area contributed by atoms with Crippen molar-refractivity contribution in [2.45, 2.75) is 32.9 Å². The summed E-state index contributed by atoms with van der Waals surface area (Å²) in [5.41, 5.74) is 0. The molecule has 0 radical (unpaired) electrons. The zero-order valence-electron chi connectivity index (χ0n) is 6.99. The average molecular weight is 154 g/mol. The molecule has 0 bridgehead atoms. The Morgan fingerprint density at radius 1 is 1.73 bits per heavy atom. The Balaban J connectivity index is 2.68. The highest BCUT2D eigenvalue weighted by Gasteiger charge is 2.03. The molecule has 0 aromatic carbocycles. The highest BCUT2D eigenvalue weighted by Crippen LogP contribution is 2.00. The fraction of sp³-hybridized carbons (Fsp3) is 0.625. The maximum Gasteiger partial charge on any atom is 0.111 e.